The quantitative estimate of drug-likeness (QED) is 0.410. The number of halogens is 1. The van der Waals surface area contributed by atoms with E-state index in [9.17, 15) is 0 Å². The highest BCUT2D eigenvalue weighted by Gasteiger charge is 2.17. The molecule has 0 spiro atoms. The fourth-order valence-corrected chi connectivity index (χ4v) is 3.78. The maximum absolute atomic E-state index is 6.38. The van der Waals surface area contributed by atoms with Crippen LogP contribution in [0.5, 0.6) is 0 Å². The van der Waals surface area contributed by atoms with E-state index < -0.39 is 0 Å². The minimum atomic E-state index is 0. The van der Waals surface area contributed by atoms with Crippen LogP contribution in [0.4, 0.5) is 0 Å². The Morgan fingerprint density at radius 2 is 1.29 bits per heavy atom. The van der Waals surface area contributed by atoms with E-state index in [1.807, 2.05) is 6.07 Å². The van der Waals surface area contributed by atoms with Crippen molar-refractivity contribution in [1.82, 2.24) is 0 Å². The lowest BCUT2D eigenvalue weighted by atomic mass is 9.86. The number of hydrogen-bond acceptors (Lipinski definition) is 1. The summed E-state index contributed by atoms with van der Waals surface area (Å²) in [6.07, 6.45) is 0.952. The Bertz CT molecular complexity index is 1020. The lowest BCUT2D eigenvalue weighted by Gasteiger charge is -2.22. The van der Waals surface area contributed by atoms with Gasteiger partial charge in [0.05, 0.1) is 0 Å². The maximum atomic E-state index is 6.38. The van der Waals surface area contributed by atoms with E-state index in [0.29, 0.717) is 5.92 Å². The third-order valence-electron chi connectivity index (χ3n) is 5.35. The molecular weight excluding hydrogens is 362 g/mol. The first-order chi connectivity index (χ1) is 13.2. The van der Waals surface area contributed by atoms with Gasteiger partial charge in [0.15, 0.2) is 0 Å². The van der Waals surface area contributed by atoms with Crippen molar-refractivity contribution in [1.29, 1.82) is 0 Å². The molecule has 0 aliphatic rings. The largest absolute Gasteiger partial charge is 0.327 e. The molecule has 0 amide bonds. The molecule has 2 unspecified atom stereocenters. The van der Waals surface area contributed by atoms with Crippen LogP contribution >= 0.6 is 12.4 Å². The van der Waals surface area contributed by atoms with Crippen LogP contribution in [0, 0.1) is 0 Å². The van der Waals surface area contributed by atoms with Crippen molar-refractivity contribution in [2.75, 3.05) is 0 Å². The second-order valence-electron chi connectivity index (χ2n) is 7.34. The lowest BCUT2D eigenvalue weighted by molar-refractivity contribution is 0.565. The highest BCUT2D eigenvalue weighted by Crippen LogP contribution is 2.28. The van der Waals surface area contributed by atoms with Gasteiger partial charge in [0.1, 0.15) is 0 Å². The minimum absolute atomic E-state index is 0. The number of rotatable bonds is 5. The standard InChI is InChI=1S/C26H25N.ClH/c1-19(27)26(18-20-11-12-22-9-5-6-10-25(22)17-20)24-15-13-23(14-16-24)21-7-3-2-4-8-21;/h2-17,19,26H,18,27H2,1H3;1H. The normalized spacial score (nSPS) is 12.9. The van der Waals surface area contributed by atoms with Gasteiger partial charge in [0, 0.05) is 12.0 Å². The first kappa shape index (κ1) is 20.1. The van der Waals surface area contributed by atoms with E-state index in [0.717, 1.165) is 6.42 Å². The number of fused-ring (bicyclic) bond motifs is 1. The Hall–Kier alpha value is -2.61. The first-order valence-electron chi connectivity index (χ1n) is 9.59. The highest BCUT2D eigenvalue weighted by molar-refractivity contribution is 5.85. The van der Waals surface area contributed by atoms with Crippen molar-refractivity contribution in [3.8, 4) is 11.1 Å². The van der Waals surface area contributed by atoms with Crippen molar-refractivity contribution in [3.05, 3.63) is 108 Å². The summed E-state index contributed by atoms with van der Waals surface area (Å²) in [5.74, 6) is 0.302. The average molecular weight is 388 g/mol. The molecule has 0 saturated carbocycles. The molecule has 0 aliphatic heterocycles. The van der Waals surface area contributed by atoms with Crippen LogP contribution in [-0.4, -0.2) is 6.04 Å². The van der Waals surface area contributed by atoms with Gasteiger partial charge in [0.25, 0.3) is 0 Å². The molecule has 4 aromatic rings. The van der Waals surface area contributed by atoms with Crippen LogP contribution in [-0.2, 0) is 6.42 Å². The molecule has 142 valence electrons. The van der Waals surface area contributed by atoms with Crippen LogP contribution in [0.2, 0.25) is 0 Å². The molecule has 2 atom stereocenters. The van der Waals surface area contributed by atoms with Gasteiger partial charge in [-0.05, 0) is 46.4 Å². The van der Waals surface area contributed by atoms with E-state index in [2.05, 4.69) is 97.9 Å². The van der Waals surface area contributed by atoms with Crippen molar-refractivity contribution in [2.45, 2.75) is 25.3 Å². The first-order valence-corrected chi connectivity index (χ1v) is 9.59. The van der Waals surface area contributed by atoms with Crippen molar-refractivity contribution >= 4 is 23.2 Å². The summed E-state index contributed by atoms with van der Waals surface area (Å²) >= 11 is 0. The van der Waals surface area contributed by atoms with Crippen LogP contribution in [0.1, 0.15) is 24.0 Å². The van der Waals surface area contributed by atoms with Crippen molar-refractivity contribution < 1.29 is 0 Å². The zero-order chi connectivity index (χ0) is 18.6. The monoisotopic (exact) mass is 387 g/mol. The molecular formula is C26H26ClN. The van der Waals surface area contributed by atoms with Crippen LogP contribution < -0.4 is 5.73 Å². The van der Waals surface area contributed by atoms with E-state index >= 15 is 0 Å². The fourth-order valence-electron chi connectivity index (χ4n) is 3.78. The predicted molar refractivity (Wildman–Crippen MR) is 123 cm³/mol. The Morgan fingerprint density at radius 1 is 0.679 bits per heavy atom. The summed E-state index contributed by atoms with van der Waals surface area (Å²) in [6.45, 7) is 2.11. The molecule has 28 heavy (non-hydrogen) atoms. The second kappa shape index (κ2) is 9.05. The Labute approximate surface area is 173 Å². The Balaban J connectivity index is 0.00000225. The molecule has 4 aromatic carbocycles. The summed E-state index contributed by atoms with van der Waals surface area (Å²) in [6, 6.07) is 34.7. The Kier molecular flexibility index (Phi) is 6.51. The van der Waals surface area contributed by atoms with E-state index in [4.69, 9.17) is 5.73 Å². The van der Waals surface area contributed by atoms with Crippen molar-refractivity contribution in [2.24, 2.45) is 5.73 Å². The molecule has 2 N–H and O–H groups in total. The van der Waals surface area contributed by atoms with Gasteiger partial charge >= 0.3 is 0 Å². The van der Waals surface area contributed by atoms with E-state index in [-0.39, 0.29) is 18.4 Å². The summed E-state index contributed by atoms with van der Waals surface area (Å²) in [4.78, 5) is 0. The third-order valence-corrected chi connectivity index (χ3v) is 5.35. The summed E-state index contributed by atoms with van der Waals surface area (Å²) in [5, 5.41) is 2.57. The van der Waals surface area contributed by atoms with Gasteiger partial charge < -0.3 is 5.73 Å². The summed E-state index contributed by atoms with van der Waals surface area (Å²) < 4.78 is 0. The summed E-state index contributed by atoms with van der Waals surface area (Å²) in [5.41, 5.74) is 11.5. The molecule has 0 saturated heterocycles. The Morgan fingerprint density at radius 3 is 1.96 bits per heavy atom. The molecule has 1 nitrogen and oxygen atoms in total. The SMILES string of the molecule is CC(N)C(Cc1ccc2ccccc2c1)c1ccc(-c2ccccc2)cc1.Cl. The number of hydrogen-bond donors (Lipinski definition) is 1. The van der Waals surface area contributed by atoms with Gasteiger partial charge in [-0.3, -0.25) is 0 Å². The molecule has 0 bridgehead atoms. The molecule has 0 aromatic heterocycles. The van der Waals surface area contributed by atoms with Crippen LogP contribution in [0.3, 0.4) is 0 Å². The van der Waals surface area contributed by atoms with Gasteiger partial charge in [0.2, 0.25) is 0 Å². The second-order valence-corrected chi connectivity index (χ2v) is 7.34. The predicted octanol–water partition coefficient (Wildman–Crippen LogP) is 6.60. The van der Waals surface area contributed by atoms with Gasteiger partial charge in [-0.1, -0.05) is 97.1 Å². The average Bonchev–Trinajstić information content (AvgIpc) is 2.72. The maximum Gasteiger partial charge on any atom is 0.00825 e. The van der Waals surface area contributed by atoms with Crippen LogP contribution in [0.25, 0.3) is 21.9 Å². The van der Waals surface area contributed by atoms with Crippen LogP contribution in [0.15, 0.2) is 97.1 Å². The zero-order valence-electron chi connectivity index (χ0n) is 16.1. The van der Waals surface area contributed by atoms with Gasteiger partial charge in [-0.15, -0.1) is 12.4 Å². The number of nitrogens with two attached hydrogens (primary N) is 1. The molecule has 4 rings (SSSR count). The zero-order valence-corrected chi connectivity index (χ0v) is 16.9. The van der Waals surface area contributed by atoms with E-state index in [1.165, 1.54) is 33.0 Å². The third kappa shape index (κ3) is 4.44. The lowest BCUT2D eigenvalue weighted by Crippen LogP contribution is -2.26. The van der Waals surface area contributed by atoms with Crippen molar-refractivity contribution in [3.63, 3.8) is 0 Å². The topological polar surface area (TPSA) is 26.0 Å². The smallest absolute Gasteiger partial charge is 0.00825 e. The molecule has 2 heteroatoms. The fraction of sp³-hybridized carbons (Fsp3) is 0.154. The molecule has 0 heterocycles. The minimum Gasteiger partial charge on any atom is -0.327 e. The number of benzene rings is 4. The molecule has 0 fully saturated rings. The van der Waals surface area contributed by atoms with Gasteiger partial charge in [-0.25, -0.2) is 0 Å². The highest BCUT2D eigenvalue weighted by atomic mass is 35.5. The van der Waals surface area contributed by atoms with E-state index in [1.54, 1.807) is 0 Å². The van der Waals surface area contributed by atoms with Gasteiger partial charge in [-0.2, -0.15) is 0 Å². The molecule has 0 aliphatic carbocycles. The molecule has 0 radical (unpaired) electrons. The summed E-state index contributed by atoms with van der Waals surface area (Å²) in [7, 11) is 0.